The number of hydrogen-bond donors (Lipinski definition) is 4. The molecular weight excluding hydrogens is 771 g/mol. The Balaban J connectivity index is 0.000000141. The molecule has 4 aliphatic heterocycles. The highest BCUT2D eigenvalue weighted by molar-refractivity contribution is 6.34. The molecule has 4 aromatic rings. The van der Waals surface area contributed by atoms with Gasteiger partial charge in [0.1, 0.15) is 0 Å². The molecule has 0 bridgehead atoms. The molecule has 15 heteroatoms. The van der Waals surface area contributed by atoms with Gasteiger partial charge >= 0.3 is 0 Å². The number of nitrogens with one attached hydrogen (secondary N) is 2. The number of phenolic OH excluding ortho intramolecular Hbond substituents is 2. The van der Waals surface area contributed by atoms with E-state index in [1.807, 2.05) is 31.3 Å². The van der Waals surface area contributed by atoms with Gasteiger partial charge in [-0.15, -0.1) is 0 Å². The van der Waals surface area contributed by atoms with E-state index >= 15 is 0 Å². The number of methoxy groups -OCH3 is 6. The second-order valence-electron chi connectivity index (χ2n) is 13.4. The molecule has 55 heavy (non-hydrogen) atoms. The summed E-state index contributed by atoms with van der Waals surface area (Å²) in [5.74, 6) is 3.92. The fourth-order valence-corrected chi connectivity index (χ4v) is 7.93. The van der Waals surface area contributed by atoms with Crippen LogP contribution in [0.1, 0.15) is 44.5 Å². The topological polar surface area (TPSA) is 126 Å². The number of halogens is 3. The Morgan fingerprint density at radius 3 is 1.36 bits per heavy atom. The molecule has 12 nitrogen and oxygen atoms in total. The largest absolute Gasteiger partial charge is 0.504 e. The van der Waals surface area contributed by atoms with Gasteiger partial charge in [0.05, 0.1) is 57.7 Å². The third-order valence-electron chi connectivity index (χ3n) is 9.71. The van der Waals surface area contributed by atoms with Crippen molar-refractivity contribution >= 4 is 34.8 Å². The van der Waals surface area contributed by atoms with Gasteiger partial charge in [0.2, 0.25) is 0 Å². The van der Waals surface area contributed by atoms with Crippen molar-refractivity contribution in [1.82, 2.24) is 20.4 Å². The minimum Gasteiger partial charge on any atom is -0.504 e. The average Bonchev–Trinajstić information content (AvgIpc) is 4.00. The molecule has 0 radical (unpaired) electrons. The number of ether oxygens (including phenoxy) is 6. The molecule has 0 saturated carbocycles. The monoisotopic (exact) mass is 818 g/mol. The highest BCUT2D eigenvalue weighted by atomic mass is 35.5. The number of phenols is 2. The van der Waals surface area contributed by atoms with Crippen LogP contribution in [0.25, 0.3) is 0 Å². The van der Waals surface area contributed by atoms with E-state index < -0.39 is 0 Å². The molecule has 4 aliphatic rings. The predicted octanol–water partition coefficient (Wildman–Crippen LogP) is 7.27. The third-order valence-corrected chi connectivity index (χ3v) is 10.9. The quantitative estimate of drug-likeness (QED) is 0.146. The van der Waals surface area contributed by atoms with Crippen molar-refractivity contribution < 1.29 is 38.6 Å². The van der Waals surface area contributed by atoms with Crippen LogP contribution in [0.5, 0.6) is 46.0 Å². The Morgan fingerprint density at radius 1 is 0.473 bits per heavy atom. The van der Waals surface area contributed by atoms with Gasteiger partial charge in [-0.05, 0) is 88.9 Å². The molecule has 0 aromatic heterocycles. The Kier molecular flexibility index (Phi) is 14.4. The normalized spacial score (nSPS) is 14.8. The molecule has 0 saturated heterocycles. The van der Waals surface area contributed by atoms with Crippen LogP contribution in [0.2, 0.25) is 15.1 Å². The van der Waals surface area contributed by atoms with Gasteiger partial charge in [0, 0.05) is 52.4 Å². The smallest absolute Gasteiger partial charge is 0.179 e. The van der Waals surface area contributed by atoms with Crippen LogP contribution >= 0.6 is 34.8 Å². The maximum Gasteiger partial charge on any atom is 0.179 e. The van der Waals surface area contributed by atoms with Gasteiger partial charge in [0.25, 0.3) is 0 Å². The van der Waals surface area contributed by atoms with Crippen molar-refractivity contribution in [2.45, 2.75) is 52.4 Å². The van der Waals surface area contributed by atoms with E-state index in [1.165, 1.54) is 22.3 Å². The molecule has 4 heterocycles. The lowest BCUT2D eigenvalue weighted by atomic mass is 10.1. The van der Waals surface area contributed by atoms with Crippen LogP contribution in [0.3, 0.4) is 0 Å². The van der Waals surface area contributed by atoms with Crippen LogP contribution in [0.4, 0.5) is 0 Å². The molecule has 0 amide bonds. The zero-order chi connectivity index (χ0) is 40.0. The Morgan fingerprint density at radius 2 is 0.873 bits per heavy atom. The number of rotatable bonds is 6. The van der Waals surface area contributed by atoms with E-state index in [1.54, 1.807) is 48.7 Å². The number of hydrogen-bond acceptors (Lipinski definition) is 12. The van der Waals surface area contributed by atoms with Gasteiger partial charge in [-0.25, -0.2) is 0 Å². The minimum absolute atomic E-state index is 0.140. The van der Waals surface area contributed by atoms with E-state index in [2.05, 4.69) is 27.5 Å². The Bertz CT molecular complexity index is 1980. The molecular formula is C40H49Cl3N4O8. The highest BCUT2D eigenvalue weighted by Gasteiger charge is 2.25. The summed E-state index contributed by atoms with van der Waals surface area (Å²) in [6.45, 7) is 6.77. The van der Waals surface area contributed by atoms with Crippen LogP contribution in [-0.4, -0.2) is 76.8 Å². The molecule has 0 unspecified atom stereocenters. The third kappa shape index (κ3) is 9.18. The number of fused-ring (bicyclic) bond motifs is 4. The van der Waals surface area contributed by atoms with Crippen molar-refractivity contribution in [1.29, 1.82) is 0 Å². The van der Waals surface area contributed by atoms with E-state index in [0.717, 1.165) is 86.1 Å². The van der Waals surface area contributed by atoms with Crippen molar-refractivity contribution in [3.63, 3.8) is 0 Å². The minimum atomic E-state index is -0.212. The van der Waals surface area contributed by atoms with Crippen LogP contribution in [0, 0.1) is 0 Å². The summed E-state index contributed by atoms with van der Waals surface area (Å²) >= 11 is 18.3. The SMILES string of the molecule is CN1Cc2cc(O)c(O)c(Cl)c2C1.COc1cc2c(c(Cl)c1OC)CN(C)C2.COc1cc2c(c(Cl)c1OC)CNC2.COc1cc2c(cc1OC)CNC2. The summed E-state index contributed by atoms with van der Waals surface area (Å²) < 4.78 is 31.3. The molecule has 0 spiro atoms. The lowest BCUT2D eigenvalue weighted by Gasteiger charge is -2.12. The number of nitrogens with zero attached hydrogens (tertiary/aromatic N) is 2. The van der Waals surface area contributed by atoms with E-state index in [9.17, 15) is 10.2 Å². The lowest BCUT2D eigenvalue weighted by Crippen LogP contribution is -2.07. The van der Waals surface area contributed by atoms with Gasteiger partial charge in [0.15, 0.2) is 46.0 Å². The summed E-state index contributed by atoms with van der Waals surface area (Å²) in [5, 5.41) is 26.8. The summed E-state index contributed by atoms with van der Waals surface area (Å²) in [5.41, 5.74) is 9.19. The predicted molar refractivity (Wildman–Crippen MR) is 215 cm³/mol. The summed E-state index contributed by atoms with van der Waals surface area (Å²) in [6.07, 6.45) is 0. The highest BCUT2D eigenvalue weighted by Crippen LogP contribution is 2.44. The molecule has 4 aromatic carbocycles. The molecule has 0 aliphatic carbocycles. The Labute approximate surface area is 337 Å². The van der Waals surface area contributed by atoms with Crippen molar-refractivity contribution in [3.05, 3.63) is 89.9 Å². The lowest BCUT2D eigenvalue weighted by molar-refractivity contribution is 0.353. The molecule has 298 valence electrons. The zero-order valence-corrected chi connectivity index (χ0v) is 34.7. The van der Waals surface area contributed by atoms with E-state index in [0.29, 0.717) is 33.0 Å². The second-order valence-corrected chi connectivity index (χ2v) is 14.5. The molecule has 0 fully saturated rings. The van der Waals surface area contributed by atoms with Gasteiger partial charge in [-0.2, -0.15) is 0 Å². The Hall–Kier alpha value is -4.01. The van der Waals surface area contributed by atoms with Gasteiger partial charge in [-0.1, -0.05) is 34.8 Å². The standard InChI is InChI=1S/C11H14ClNO2.C10H12ClNO2.C10H13NO2.C9H10ClNO2/c1-13-5-7-4-9(14-2)11(15-3)10(12)8(7)6-13;1-13-8-3-6-4-12-5-7(6)9(11)10(8)14-2;1-12-9-3-7-5-11-6-8(7)4-10(9)13-2;1-11-3-5-2-7(12)9(13)8(10)6(5)4-11/h4H,5-6H2,1-3H3;3,12H,4-5H2,1-2H3;3-4,11H,5-6H2,1-2H3;2,12-13H,3-4H2,1H3. The van der Waals surface area contributed by atoms with Crippen LogP contribution in [0.15, 0.2) is 30.3 Å². The summed E-state index contributed by atoms with van der Waals surface area (Å²) in [6, 6.07) is 9.62. The van der Waals surface area contributed by atoms with Crippen LogP contribution < -0.4 is 39.1 Å². The van der Waals surface area contributed by atoms with E-state index in [-0.39, 0.29) is 16.5 Å². The number of benzene rings is 4. The molecule has 8 rings (SSSR count). The first kappa shape index (κ1) is 42.1. The fourth-order valence-electron chi connectivity index (χ4n) is 6.95. The maximum absolute atomic E-state index is 9.36. The van der Waals surface area contributed by atoms with Crippen molar-refractivity contribution in [3.8, 4) is 46.0 Å². The zero-order valence-electron chi connectivity index (χ0n) is 32.4. The maximum atomic E-state index is 9.36. The first-order chi connectivity index (χ1) is 26.4. The first-order valence-corrected chi connectivity index (χ1v) is 18.6. The van der Waals surface area contributed by atoms with Crippen molar-refractivity contribution in [2.24, 2.45) is 0 Å². The van der Waals surface area contributed by atoms with Gasteiger partial charge < -0.3 is 49.3 Å². The summed E-state index contributed by atoms with van der Waals surface area (Å²) in [7, 11) is 13.8. The van der Waals surface area contributed by atoms with Crippen molar-refractivity contribution in [2.75, 3.05) is 56.8 Å². The van der Waals surface area contributed by atoms with E-state index in [4.69, 9.17) is 63.2 Å². The molecule has 0 atom stereocenters. The number of aromatic hydroxyl groups is 2. The second kappa shape index (κ2) is 18.8. The van der Waals surface area contributed by atoms with Crippen LogP contribution in [-0.2, 0) is 52.4 Å². The van der Waals surface area contributed by atoms with Gasteiger partial charge in [-0.3, -0.25) is 9.80 Å². The molecule has 4 N–H and O–H groups in total. The summed E-state index contributed by atoms with van der Waals surface area (Å²) in [4.78, 5) is 4.27. The first-order valence-electron chi connectivity index (χ1n) is 17.5. The average molecular weight is 820 g/mol. The fraction of sp³-hybridized carbons (Fsp3) is 0.400.